The topological polar surface area (TPSA) is 78.1 Å². The van der Waals surface area contributed by atoms with E-state index in [0.717, 1.165) is 15.8 Å². The molecule has 0 aliphatic rings. The van der Waals surface area contributed by atoms with Crippen molar-refractivity contribution in [2.24, 2.45) is 0 Å². The summed E-state index contributed by atoms with van der Waals surface area (Å²) in [6, 6.07) is 7.61. The maximum atomic E-state index is 12.1. The molecule has 0 unspecified atom stereocenters. The van der Waals surface area contributed by atoms with Gasteiger partial charge in [-0.15, -0.1) is 23.1 Å². The number of carbonyl (C=O) groups excluding carboxylic acids is 1. The Bertz CT molecular complexity index is 943. The monoisotopic (exact) mass is 393 g/mol. The van der Waals surface area contributed by atoms with Gasteiger partial charge in [0.15, 0.2) is 0 Å². The minimum absolute atomic E-state index is 0.327. The van der Waals surface area contributed by atoms with Crippen LogP contribution >= 0.6 is 34.7 Å². The highest BCUT2D eigenvalue weighted by molar-refractivity contribution is 7.98. The molecule has 0 bridgehead atoms. The second-order valence-corrected chi connectivity index (χ2v) is 7.62. The van der Waals surface area contributed by atoms with Crippen molar-refractivity contribution in [1.29, 1.82) is 0 Å². The predicted octanol–water partition coefficient (Wildman–Crippen LogP) is 4.70. The van der Waals surface area contributed by atoms with Gasteiger partial charge in [-0.05, 0) is 31.5 Å². The second-order valence-electron chi connectivity index (χ2n) is 5.20. The quantitative estimate of drug-likeness (QED) is 0.499. The SMILES string of the molecule is CCOC(=O)c1sc2nc(CSc3ccccc3Cl)nc(N)c2c1C. The van der Waals surface area contributed by atoms with E-state index in [1.165, 1.54) is 11.3 Å². The van der Waals surface area contributed by atoms with Crippen LogP contribution in [0.25, 0.3) is 10.2 Å². The Labute approximate surface area is 158 Å². The fourth-order valence-electron chi connectivity index (χ4n) is 2.38. The number of nitrogens with zero attached hydrogens (tertiary/aromatic N) is 2. The Balaban J connectivity index is 1.91. The first-order chi connectivity index (χ1) is 12.0. The van der Waals surface area contributed by atoms with Gasteiger partial charge in [-0.2, -0.15) is 0 Å². The van der Waals surface area contributed by atoms with Gasteiger partial charge < -0.3 is 10.5 Å². The molecular weight excluding hydrogens is 378 g/mol. The van der Waals surface area contributed by atoms with E-state index in [2.05, 4.69) is 9.97 Å². The molecule has 2 heterocycles. The Hall–Kier alpha value is -1.83. The Morgan fingerprint density at radius 2 is 2.12 bits per heavy atom. The van der Waals surface area contributed by atoms with E-state index >= 15 is 0 Å². The van der Waals surface area contributed by atoms with E-state index < -0.39 is 0 Å². The molecule has 0 fully saturated rings. The van der Waals surface area contributed by atoms with Crippen LogP contribution in [0.5, 0.6) is 0 Å². The minimum atomic E-state index is -0.352. The van der Waals surface area contributed by atoms with Crippen LogP contribution in [0.2, 0.25) is 5.02 Å². The summed E-state index contributed by atoms with van der Waals surface area (Å²) >= 11 is 9.00. The van der Waals surface area contributed by atoms with Crippen molar-refractivity contribution in [3.05, 3.63) is 45.6 Å². The van der Waals surface area contributed by atoms with Crippen LogP contribution in [0.15, 0.2) is 29.2 Å². The first kappa shape index (κ1) is 18.0. The molecule has 0 saturated carbocycles. The molecule has 2 aromatic heterocycles. The van der Waals surface area contributed by atoms with Crippen molar-refractivity contribution >= 4 is 56.7 Å². The molecule has 0 aliphatic heterocycles. The smallest absolute Gasteiger partial charge is 0.348 e. The molecule has 5 nitrogen and oxygen atoms in total. The summed E-state index contributed by atoms with van der Waals surface area (Å²) in [4.78, 5) is 23.2. The number of hydrogen-bond donors (Lipinski definition) is 1. The second kappa shape index (κ2) is 7.59. The summed E-state index contributed by atoms with van der Waals surface area (Å²) in [5, 5.41) is 1.41. The van der Waals surface area contributed by atoms with Gasteiger partial charge in [-0.3, -0.25) is 0 Å². The number of fused-ring (bicyclic) bond motifs is 1. The minimum Gasteiger partial charge on any atom is -0.462 e. The highest BCUT2D eigenvalue weighted by Crippen LogP contribution is 2.34. The third-order valence-electron chi connectivity index (χ3n) is 3.52. The van der Waals surface area contributed by atoms with Crippen molar-refractivity contribution < 1.29 is 9.53 Å². The number of benzene rings is 1. The summed E-state index contributed by atoms with van der Waals surface area (Å²) in [5.74, 6) is 1.17. The highest BCUT2D eigenvalue weighted by Gasteiger charge is 2.20. The molecule has 0 aliphatic carbocycles. The van der Waals surface area contributed by atoms with Gasteiger partial charge in [0, 0.05) is 4.90 Å². The molecule has 0 radical (unpaired) electrons. The fraction of sp³-hybridized carbons (Fsp3) is 0.235. The van der Waals surface area contributed by atoms with Gasteiger partial charge in [-0.1, -0.05) is 23.7 Å². The first-order valence-electron chi connectivity index (χ1n) is 7.61. The van der Waals surface area contributed by atoms with Crippen LogP contribution in [0.1, 0.15) is 28.0 Å². The number of halogens is 1. The van der Waals surface area contributed by atoms with Gasteiger partial charge in [0.2, 0.25) is 0 Å². The standard InChI is InChI=1S/C17H16ClN3O2S2/c1-3-23-17(22)14-9(2)13-15(19)20-12(21-16(13)25-14)8-24-11-7-5-4-6-10(11)18/h4-7H,3,8H2,1-2H3,(H2,19,20,21). The molecule has 8 heteroatoms. The Morgan fingerprint density at radius 1 is 1.36 bits per heavy atom. The number of thiophene rings is 1. The summed E-state index contributed by atoms with van der Waals surface area (Å²) in [7, 11) is 0. The van der Waals surface area contributed by atoms with Gasteiger partial charge in [0.05, 0.1) is 22.8 Å². The summed E-state index contributed by atoms with van der Waals surface area (Å²) in [6.45, 7) is 3.94. The first-order valence-corrected chi connectivity index (χ1v) is 9.79. The lowest BCUT2D eigenvalue weighted by Crippen LogP contribution is -2.03. The van der Waals surface area contributed by atoms with Gasteiger partial charge in [-0.25, -0.2) is 14.8 Å². The number of anilines is 1. The molecule has 25 heavy (non-hydrogen) atoms. The van der Waals surface area contributed by atoms with Crippen LogP contribution in [0.3, 0.4) is 0 Å². The van der Waals surface area contributed by atoms with E-state index in [0.29, 0.717) is 38.7 Å². The fourth-order valence-corrected chi connectivity index (χ4v) is 4.57. The number of aromatic nitrogens is 2. The van der Waals surface area contributed by atoms with Crippen molar-refractivity contribution in [1.82, 2.24) is 9.97 Å². The lowest BCUT2D eigenvalue weighted by molar-refractivity contribution is 0.0531. The highest BCUT2D eigenvalue weighted by atomic mass is 35.5. The maximum Gasteiger partial charge on any atom is 0.348 e. The van der Waals surface area contributed by atoms with Crippen molar-refractivity contribution in [3.63, 3.8) is 0 Å². The zero-order chi connectivity index (χ0) is 18.0. The number of ether oxygens (including phenoxy) is 1. The largest absolute Gasteiger partial charge is 0.462 e. The molecule has 3 aromatic rings. The molecule has 3 rings (SSSR count). The number of hydrogen-bond acceptors (Lipinski definition) is 7. The lowest BCUT2D eigenvalue weighted by Gasteiger charge is -2.05. The van der Waals surface area contributed by atoms with Crippen molar-refractivity contribution in [3.8, 4) is 0 Å². The number of nitrogens with two attached hydrogens (primary N) is 1. The number of nitrogen functional groups attached to an aromatic ring is 1. The van der Waals surface area contributed by atoms with Crippen molar-refractivity contribution in [2.75, 3.05) is 12.3 Å². The molecule has 1 aromatic carbocycles. The van der Waals surface area contributed by atoms with Gasteiger partial charge >= 0.3 is 5.97 Å². The van der Waals surface area contributed by atoms with Gasteiger partial charge in [0.25, 0.3) is 0 Å². The summed E-state index contributed by atoms with van der Waals surface area (Å²) in [5.41, 5.74) is 6.88. The number of thioether (sulfide) groups is 1. The maximum absolute atomic E-state index is 12.1. The average Bonchev–Trinajstić information content (AvgIpc) is 2.92. The van der Waals surface area contributed by atoms with E-state index in [9.17, 15) is 4.79 Å². The zero-order valence-corrected chi connectivity index (χ0v) is 16.1. The van der Waals surface area contributed by atoms with E-state index in [1.807, 2.05) is 31.2 Å². The molecule has 130 valence electrons. The average molecular weight is 394 g/mol. The Morgan fingerprint density at radius 3 is 2.84 bits per heavy atom. The third kappa shape index (κ3) is 3.73. The lowest BCUT2D eigenvalue weighted by atomic mass is 10.2. The predicted molar refractivity (Wildman–Crippen MR) is 104 cm³/mol. The van der Waals surface area contributed by atoms with E-state index in [4.69, 9.17) is 22.1 Å². The molecule has 0 amide bonds. The zero-order valence-electron chi connectivity index (χ0n) is 13.7. The third-order valence-corrected chi connectivity index (χ3v) is 6.20. The van der Waals surface area contributed by atoms with Crippen LogP contribution in [-0.2, 0) is 10.5 Å². The number of aryl methyl sites for hydroxylation is 1. The molecule has 0 atom stereocenters. The molecule has 0 spiro atoms. The summed E-state index contributed by atoms with van der Waals surface area (Å²) < 4.78 is 5.09. The number of carbonyl (C=O) groups is 1. The summed E-state index contributed by atoms with van der Waals surface area (Å²) in [6.07, 6.45) is 0. The van der Waals surface area contributed by atoms with E-state index in [-0.39, 0.29) is 5.97 Å². The van der Waals surface area contributed by atoms with Gasteiger partial charge in [0.1, 0.15) is 21.3 Å². The van der Waals surface area contributed by atoms with E-state index in [1.54, 1.807) is 18.7 Å². The van der Waals surface area contributed by atoms with Crippen molar-refractivity contribution in [2.45, 2.75) is 24.5 Å². The molecule has 2 N–H and O–H groups in total. The van der Waals surface area contributed by atoms with Crippen LogP contribution in [0, 0.1) is 6.92 Å². The molecule has 0 saturated heterocycles. The van der Waals surface area contributed by atoms with Crippen LogP contribution < -0.4 is 5.73 Å². The normalized spacial score (nSPS) is 11.0. The Kier molecular flexibility index (Phi) is 5.46. The van der Waals surface area contributed by atoms with Crippen LogP contribution in [-0.4, -0.2) is 22.5 Å². The molecular formula is C17H16ClN3O2S2. The van der Waals surface area contributed by atoms with Crippen LogP contribution in [0.4, 0.5) is 5.82 Å². The number of rotatable bonds is 5. The number of esters is 1.